The molecule has 0 radical (unpaired) electrons. The van der Waals surface area contributed by atoms with Crippen molar-refractivity contribution in [1.82, 2.24) is 9.97 Å². The summed E-state index contributed by atoms with van der Waals surface area (Å²) in [4.78, 5) is 16.1. The Hall–Kier alpha value is -2.02. The van der Waals surface area contributed by atoms with E-state index in [0.717, 1.165) is 5.56 Å². The maximum atomic E-state index is 10.9. The van der Waals surface area contributed by atoms with Crippen molar-refractivity contribution >= 4 is 11.0 Å². The van der Waals surface area contributed by atoms with Gasteiger partial charge < -0.3 is 9.97 Å². The molecule has 1 aromatic heterocycles. The Kier molecular flexibility index (Phi) is 1.46. The molecule has 13 heavy (non-hydrogen) atoms. The Bertz CT molecular complexity index is 556. The number of rotatable bonds is 0. The monoisotopic (exact) mass is 173 g/mol. The van der Waals surface area contributed by atoms with Gasteiger partial charge in [-0.2, -0.15) is 5.26 Å². The molecule has 4 nitrogen and oxygen atoms in total. The first-order chi connectivity index (χ1) is 6.20. The molecule has 0 bridgehead atoms. The molecule has 0 amide bonds. The van der Waals surface area contributed by atoms with Crippen LogP contribution in [0.1, 0.15) is 11.1 Å². The van der Waals surface area contributed by atoms with Crippen LogP contribution in [0, 0.1) is 18.3 Å². The Morgan fingerprint density at radius 3 is 2.85 bits per heavy atom. The molecule has 0 fully saturated rings. The van der Waals surface area contributed by atoms with E-state index >= 15 is 0 Å². The number of fused-ring (bicyclic) bond motifs is 1. The molecule has 0 aliphatic heterocycles. The van der Waals surface area contributed by atoms with Gasteiger partial charge in [-0.05, 0) is 24.6 Å². The van der Waals surface area contributed by atoms with E-state index < -0.39 is 0 Å². The first-order valence-electron chi connectivity index (χ1n) is 3.83. The molecule has 0 saturated carbocycles. The zero-order valence-corrected chi connectivity index (χ0v) is 7.01. The number of benzene rings is 1. The van der Waals surface area contributed by atoms with Crippen LogP contribution in [-0.2, 0) is 0 Å². The van der Waals surface area contributed by atoms with Crippen LogP contribution in [0.25, 0.3) is 11.0 Å². The summed E-state index contributed by atoms with van der Waals surface area (Å²) < 4.78 is 0. The van der Waals surface area contributed by atoms with Crippen molar-refractivity contribution in [2.45, 2.75) is 6.92 Å². The third-order valence-corrected chi connectivity index (χ3v) is 1.89. The highest BCUT2D eigenvalue weighted by molar-refractivity contribution is 5.81. The van der Waals surface area contributed by atoms with Crippen molar-refractivity contribution in [3.05, 3.63) is 33.7 Å². The van der Waals surface area contributed by atoms with Gasteiger partial charge in [-0.3, -0.25) is 0 Å². The van der Waals surface area contributed by atoms with E-state index in [9.17, 15) is 4.79 Å². The summed E-state index contributed by atoms with van der Waals surface area (Å²) in [5.74, 6) is 0. The van der Waals surface area contributed by atoms with E-state index in [-0.39, 0.29) is 5.69 Å². The number of hydrogen-bond donors (Lipinski definition) is 2. The third kappa shape index (κ3) is 1.11. The zero-order valence-electron chi connectivity index (χ0n) is 7.01. The minimum Gasteiger partial charge on any atom is -0.306 e. The van der Waals surface area contributed by atoms with Gasteiger partial charge in [0.25, 0.3) is 0 Å². The smallest absolute Gasteiger partial charge is 0.306 e. The van der Waals surface area contributed by atoms with Crippen molar-refractivity contribution in [2.24, 2.45) is 0 Å². The van der Waals surface area contributed by atoms with Crippen molar-refractivity contribution < 1.29 is 0 Å². The van der Waals surface area contributed by atoms with Crippen LogP contribution in [0.3, 0.4) is 0 Å². The van der Waals surface area contributed by atoms with Crippen LogP contribution in [-0.4, -0.2) is 9.97 Å². The van der Waals surface area contributed by atoms with Gasteiger partial charge in [-0.25, -0.2) is 4.79 Å². The Morgan fingerprint density at radius 1 is 1.38 bits per heavy atom. The molecule has 2 N–H and O–H groups in total. The molecule has 0 aliphatic rings. The molecule has 2 aromatic rings. The standard InChI is InChI=1S/C9H7N3O/c1-5-2-6(4-10)8-7(3-5)11-9(13)12-8/h2-3H,1H3,(H2,11,12,13). The van der Waals surface area contributed by atoms with Crippen molar-refractivity contribution in [1.29, 1.82) is 5.26 Å². The molecule has 0 aliphatic carbocycles. The van der Waals surface area contributed by atoms with Gasteiger partial charge >= 0.3 is 5.69 Å². The molecule has 4 heteroatoms. The lowest BCUT2D eigenvalue weighted by Gasteiger charge is -1.94. The highest BCUT2D eigenvalue weighted by atomic mass is 16.1. The van der Waals surface area contributed by atoms with E-state index in [0.29, 0.717) is 16.6 Å². The molecule has 0 spiro atoms. The number of aromatic amines is 2. The lowest BCUT2D eigenvalue weighted by molar-refractivity contribution is 1.21. The summed E-state index contributed by atoms with van der Waals surface area (Å²) >= 11 is 0. The number of H-pyrrole nitrogens is 2. The number of nitriles is 1. The van der Waals surface area contributed by atoms with E-state index in [4.69, 9.17) is 5.26 Å². The largest absolute Gasteiger partial charge is 0.323 e. The van der Waals surface area contributed by atoms with E-state index in [1.54, 1.807) is 6.07 Å². The first kappa shape index (κ1) is 7.62. The lowest BCUT2D eigenvalue weighted by atomic mass is 10.1. The SMILES string of the molecule is Cc1cc(C#N)c2[nH]c(=O)[nH]c2c1. The predicted octanol–water partition coefficient (Wildman–Crippen LogP) is 1.04. The van der Waals surface area contributed by atoms with Crippen LogP contribution in [0.4, 0.5) is 0 Å². The van der Waals surface area contributed by atoms with Gasteiger partial charge in [0.2, 0.25) is 0 Å². The maximum Gasteiger partial charge on any atom is 0.323 e. The minimum absolute atomic E-state index is 0.280. The second kappa shape index (κ2) is 2.49. The van der Waals surface area contributed by atoms with Crippen LogP contribution in [0.2, 0.25) is 0 Å². The predicted molar refractivity (Wildman–Crippen MR) is 48.4 cm³/mol. The van der Waals surface area contributed by atoms with Crippen molar-refractivity contribution in [3.8, 4) is 6.07 Å². The molecule has 64 valence electrons. The average molecular weight is 173 g/mol. The summed E-state index contributed by atoms with van der Waals surface area (Å²) in [5.41, 5.74) is 2.43. The molecule has 2 rings (SSSR count). The average Bonchev–Trinajstić information content (AvgIpc) is 2.43. The van der Waals surface area contributed by atoms with Gasteiger partial charge in [-0.15, -0.1) is 0 Å². The first-order valence-corrected chi connectivity index (χ1v) is 3.83. The summed E-state index contributed by atoms with van der Waals surface area (Å²) in [5, 5.41) is 8.78. The van der Waals surface area contributed by atoms with E-state index in [1.807, 2.05) is 19.1 Å². The highest BCUT2D eigenvalue weighted by Crippen LogP contribution is 2.14. The maximum absolute atomic E-state index is 10.9. The van der Waals surface area contributed by atoms with Gasteiger partial charge in [0.05, 0.1) is 16.6 Å². The summed E-state index contributed by atoms with van der Waals surface area (Å²) in [6.07, 6.45) is 0. The summed E-state index contributed by atoms with van der Waals surface area (Å²) in [6.45, 7) is 1.88. The molecule has 0 unspecified atom stereocenters. The van der Waals surface area contributed by atoms with Crippen LogP contribution in [0.15, 0.2) is 16.9 Å². The molecule has 1 heterocycles. The number of nitrogens with zero attached hydrogens (tertiary/aromatic N) is 1. The molecular formula is C9H7N3O. The fourth-order valence-electron chi connectivity index (χ4n) is 1.37. The van der Waals surface area contributed by atoms with Gasteiger partial charge in [0.15, 0.2) is 0 Å². The quantitative estimate of drug-likeness (QED) is 0.624. The second-order valence-corrected chi connectivity index (χ2v) is 2.93. The van der Waals surface area contributed by atoms with Gasteiger partial charge in [0.1, 0.15) is 6.07 Å². The number of aromatic nitrogens is 2. The molecule has 0 atom stereocenters. The fourth-order valence-corrected chi connectivity index (χ4v) is 1.37. The van der Waals surface area contributed by atoms with Crippen LogP contribution >= 0.6 is 0 Å². The Balaban J connectivity index is 2.98. The lowest BCUT2D eigenvalue weighted by Crippen LogP contribution is -1.99. The van der Waals surface area contributed by atoms with Gasteiger partial charge in [-0.1, -0.05) is 0 Å². The minimum atomic E-state index is -0.280. The number of aryl methyl sites for hydroxylation is 1. The fraction of sp³-hybridized carbons (Fsp3) is 0.111. The van der Waals surface area contributed by atoms with Gasteiger partial charge in [0, 0.05) is 0 Å². The highest BCUT2D eigenvalue weighted by Gasteiger charge is 2.04. The number of nitrogens with one attached hydrogen (secondary N) is 2. The second-order valence-electron chi connectivity index (χ2n) is 2.93. The molecular weight excluding hydrogens is 166 g/mol. The van der Waals surface area contributed by atoms with E-state index in [2.05, 4.69) is 9.97 Å². The van der Waals surface area contributed by atoms with E-state index in [1.165, 1.54) is 0 Å². The van der Waals surface area contributed by atoms with Crippen molar-refractivity contribution in [3.63, 3.8) is 0 Å². The third-order valence-electron chi connectivity index (χ3n) is 1.89. The summed E-state index contributed by atoms with van der Waals surface area (Å²) in [7, 11) is 0. The number of imidazole rings is 1. The summed E-state index contributed by atoms with van der Waals surface area (Å²) in [6, 6.07) is 5.60. The molecule has 0 saturated heterocycles. The topological polar surface area (TPSA) is 72.4 Å². The Morgan fingerprint density at radius 2 is 2.15 bits per heavy atom. The Labute approximate surface area is 73.8 Å². The number of hydrogen-bond acceptors (Lipinski definition) is 2. The van der Waals surface area contributed by atoms with Crippen molar-refractivity contribution in [2.75, 3.05) is 0 Å². The normalized spacial score (nSPS) is 10.2. The zero-order chi connectivity index (χ0) is 9.42. The van der Waals surface area contributed by atoms with Crippen LogP contribution in [0.5, 0.6) is 0 Å². The van der Waals surface area contributed by atoms with Crippen LogP contribution < -0.4 is 5.69 Å². The molecule has 1 aromatic carbocycles.